The molecule has 8 heteroatoms. The molecule has 0 atom stereocenters. The lowest BCUT2D eigenvalue weighted by Crippen LogP contribution is -2.51. The highest BCUT2D eigenvalue weighted by Gasteiger charge is 2.26. The molecule has 7 nitrogen and oxygen atoms in total. The van der Waals surface area contributed by atoms with Crippen molar-refractivity contribution in [3.05, 3.63) is 64.7 Å². The van der Waals surface area contributed by atoms with Crippen LogP contribution in [0.25, 0.3) is 0 Å². The van der Waals surface area contributed by atoms with E-state index in [1.807, 2.05) is 0 Å². The number of nitrogens with zero attached hydrogens (tertiary/aromatic N) is 3. The number of piperazine rings is 1. The third-order valence-corrected chi connectivity index (χ3v) is 4.99. The number of halogens is 1. The van der Waals surface area contributed by atoms with E-state index in [9.17, 15) is 18.8 Å². The second kappa shape index (κ2) is 9.47. The fourth-order valence-corrected chi connectivity index (χ4v) is 3.31. The van der Waals surface area contributed by atoms with Crippen LogP contribution in [0.15, 0.2) is 36.4 Å². The van der Waals surface area contributed by atoms with Gasteiger partial charge in [0.15, 0.2) is 0 Å². The zero-order valence-electron chi connectivity index (χ0n) is 17.1. The van der Waals surface area contributed by atoms with Crippen LogP contribution in [0.4, 0.5) is 4.39 Å². The number of ether oxygens (including phenoxy) is 1. The number of carbonyl (C=O) groups is 3. The Morgan fingerprint density at radius 2 is 1.63 bits per heavy atom. The third kappa shape index (κ3) is 5.00. The van der Waals surface area contributed by atoms with Gasteiger partial charge in [-0.3, -0.25) is 9.59 Å². The molecule has 1 fully saturated rings. The Morgan fingerprint density at radius 3 is 2.23 bits per heavy atom. The summed E-state index contributed by atoms with van der Waals surface area (Å²) in [5.41, 5.74) is 1.78. The van der Waals surface area contributed by atoms with Gasteiger partial charge in [0.05, 0.1) is 24.3 Å². The maximum absolute atomic E-state index is 13.0. The highest BCUT2D eigenvalue weighted by molar-refractivity contribution is 5.95. The van der Waals surface area contributed by atoms with Crippen molar-refractivity contribution in [1.29, 1.82) is 0 Å². The van der Waals surface area contributed by atoms with E-state index < -0.39 is 5.97 Å². The van der Waals surface area contributed by atoms with Crippen molar-refractivity contribution in [1.82, 2.24) is 14.8 Å². The van der Waals surface area contributed by atoms with Gasteiger partial charge in [-0.15, -0.1) is 0 Å². The number of benzene rings is 1. The van der Waals surface area contributed by atoms with E-state index in [2.05, 4.69) is 4.98 Å². The molecule has 0 N–H and O–H groups in total. The predicted molar refractivity (Wildman–Crippen MR) is 108 cm³/mol. The van der Waals surface area contributed by atoms with Crippen LogP contribution in [0, 0.1) is 12.7 Å². The van der Waals surface area contributed by atoms with E-state index in [-0.39, 0.29) is 36.4 Å². The number of aromatic nitrogens is 1. The van der Waals surface area contributed by atoms with E-state index in [1.165, 1.54) is 18.2 Å². The zero-order valence-corrected chi connectivity index (χ0v) is 17.1. The van der Waals surface area contributed by atoms with Crippen molar-refractivity contribution in [2.75, 3.05) is 32.8 Å². The highest BCUT2D eigenvalue weighted by atomic mass is 19.1. The molecule has 1 aromatic heterocycles. The number of hydrogen-bond donors (Lipinski definition) is 0. The molecule has 0 saturated carbocycles. The normalized spacial score (nSPS) is 13.8. The van der Waals surface area contributed by atoms with E-state index in [0.29, 0.717) is 37.4 Å². The molecule has 3 rings (SSSR count). The Kier molecular flexibility index (Phi) is 6.76. The quantitative estimate of drug-likeness (QED) is 0.703. The first kappa shape index (κ1) is 21.4. The highest BCUT2D eigenvalue weighted by Crippen LogP contribution is 2.13. The maximum Gasteiger partial charge on any atom is 0.339 e. The number of hydrogen-bond acceptors (Lipinski definition) is 5. The summed E-state index contributed by atoms with van der Waals surface area (Å²) in [6.45, 7) is 5.29. The molecule has 2 amide bonds. The molecule has 1 aliphatic heterocycles. The van der Waals surface area contributed by atoms with Crippen LogP contribution in [0.1, 0.15) is 39.0 Å². The van der Waals surface area contributed by atoms with Crippen molar-refractivity contribution in [2.24, 2.45) is 0 Å². The van der Waals surface area contributed by atoms with Gasteiger partial charge in [0.1, 0.15) is 11.5 Å². The molecule has 158 valence electrons. The summed E-state index contributed by atoms with van der Waals surface area (Å²) in [5.74, 6) is -1.09. The van der Waals surface area contributed by atoms with Crippen LogP contribution in [-0.2, 0) is 16.0 Å². The number of amides is 2. The molecule has 0 radical (unpaired) electrons. The van der Waals surface area contributed by atoms with Crippen molar-refractivity contribution >= 4 is 17.8 Å². The minimum atomic E-state index is -0.463. The van der Waals surface area contributed by atoms with Crippen LogP contribution in [0.3, 0.4) is 0 Å². The second-order valence-corrected chi connectivity index (χ2v) is 7.03. The zero-order chi connectivity index (χ0) is 21.7. The minimum Gasteiger partial charge on any atom is -0.462 e. The first-order valence-electron chi connectivity index (χ1n) is 9.85. The SMILES string of the molecule is CCOC(=O)c1ccc(C(=O)N2CCN(C(=O)Cc3ccc(F)cc3)CC2)nc1C. The lowest BCUT2D eigenvalue weighted by Gasteiger charge is -2.34. The van der Waals surface area contributed by atoms with Gasteiger partial charge in [-0.05, 0) is 43.7 Å². The molecule has 0 unspecified atom stereocenters. The van der Waals surface area contributed by atoms with Crippen LogP contribution in [0.5, 0.6) is 0 Å². The number of rotatable bonds is 5. The van der Waals surface area contributed by atoms with Crippen molar-refractivity contribution in [3.8, 4) is 0 Å². The molecule has 0 aliphatic carbocycles. The summed E-state index contributed by atoms with van der Waals surface area (Å²) >= 11 is 0. The van der Waals surface area contributed by atoms with Crippen LogP contribution in [-0.4, -0.2) is 65.4 Å². The molecule has 0 spiro atoms. The largest absolute Gasteiger partial charge is 0.462 e. The number of aryl methyl sites for hydroxylation is 1. The van der Waals surface area contributed by atoms with Crippen LogP contribution >= 0.6 is 0 Å². The fourth-order valence-electron chi connectivity index (χ4n) is 3.31. The molecular weight excluding hydrogens is 389 g/mol. The van der Waals surface area contributed by atoms with E-state index in [1.54, 1.807) is 41.8 Å². The Balaban J connectivity index is 1.57. The van der Waals surface area contributed by atoms with Crippen molar-refractivity contribution in [3.63, 3.8) is 0 Å². The molecule has 2 heterocycles. The van der Waals surface area contributed by atoms with Gasteiger partial charge >= 0.3 is 5.97 Å². The lowest BCUT2D eigenvalue weighted by molar-refractivity contribution is -0.131. The summed E-state index contributed by atoms with van der Waals surface area (Å²) in [5, 5.41) is 0. The first-order valence-corrected chi connectivity index (χ1v) is 9.85. The molecule has 1 saturated heterocycles. The van der Waals surface area contributed by atoms with E-state index >= 15 is 0 Å². The monoisotopic (exact) mass is 413 g/mol. The Hall–Kier alpha value is -3.29. The standard InChI is InChI=1S/C22H24FN3O4/c1-3-30-22(29)18-8-9-19(24-15(18)2)21(28)26-12-10-25(11-13-26)20(27)14-16-4-6-17(23)7-5-16/h4-9H,3,10-14H2,1-2H3. The Morgan fingerprint density at radius 1 is 1.00 bits per heavy atom. The van der Waals surface area contributed by atoms with E-state index in [0.717, 1.165) is 5.56 Å². The number of carbonyl (C=O) groups excluding carboxylic acids is 3. The van der Waals surface area contributed by atoms with Crippen molar-refractivity contribution in [2.45, 2.75) is 20.3 Å². The molecule has 2 aromatic rings. The molecule has 0 bridgehead atoms. The van der Waals surface area contributed by atoms with Gasteiger partial charge in [0.2, 0.25) is 5.91 Å². The molecule has 1 aromatic carbocycles. The second-order valence-electron chi connectivity index (χ2n) is 7.03. The summed E-state index contributed by atoms with van der Waals surface area (Å²) in [6, 6.07) is 8.94. The Bertz CT molecular complexity index is 938. The maximum atomic E-state index is 13.0. The smallest absolute Gasteiger partial charge is 0.339 e. The molecule has 30 heavy (non-hydrogen) atoms. The van der Waals surface area contributed by atoms with Gasteiger partial charge in [-0.25, -0.2) is 14.2 Å². The number of esters is 1. The third-order valence-electron chi connectivity index (χ3n) is 4.99. The average Bonchev–Trinajstić information content (AvgIpc) is 2.75. The van der Waals surface area contributed by atoms with Gasteiger partial charge in [0, 0.05) is 26.2 Å². The summed E-state index contributed by atoms with van der Waals surface area (Å²) in [4.78, 5) is 44.7. The molecule has 1 aliphatic rings. The Labute approximate surface area is 174 Å². The minimum absolute atomic E-state index is 0.0542. The molecular formula is C22H24FN3O4. The summed E-state index contributed by atoms with van der Waals surface area (Å²) in [7, 11) is 0. The van der Waals surface area contributed by atoms with Gasteiger partial charge in [-0.1, -0.05) is 12.1 Å². The van der Waals surface area contributed by atoms with E-state index in [4.69, 9.17) is 4.74 Å². The number of pyridine rings is 1. The van der Waals surface area contributed by atoms with Gasteiger partial charge in [0.25, 0.3) is 5.91 Å². The van der Waals surface area contributed by atoms with Crippen LogP contribution < -0.4 is 0 Å². The predicted octanol–water partition coefficient (Wildman–Crippen LogP) is 2.23. The average molecular weight is 413 g/mol. The summed E-state index contributed by atoms with van der Waals surface area (Å²) in [6.07, 6.45) is 0.199. The van der Waals surface area contributed by atoms with Crippen LogP contribution in [0.2, 0.25) is 0 Å². The fraction of sp³-hybridized carbons (Fsp3) is 0.364. The van der Waals surface area contributed by atoms with Crippen molar-refractivity contribution < 1.29 is 23.5 Å². The summed E-state index contributed by atoms with van der Waals surface area (Å²) < 4.78 is 18.0. The van der Waals surface area contributed by atoms with Gasteiger partial charge < -0.3 is 14.5 Å². The van der Waals surface area contributed by atoms with Gasteiger partial charge in [-0.2, -0.15) is 0 Å². The lowest BCUT2D eigenvalue weighted by atomic mass is 10.1. The topological polar surface area (TPSA) is 79.8 Å². The first-order chi connectivity index (χ1) is 14.4.